The summed E-state index contributed by atoms with van der Waals surface area (Å²) in [5.74, 6) is -0.198. The van der Waals surface area contributed by atoms with E-state index in [1.54, 1.807) is 7.11 Å². The largest absolute Gasteiger partial charge is 0.497 e. The molecule has 0 aliphatic carbocycles. The lowest BCUT2D eigenvalue weighted by Gasteiger charge is -2.07. The van der Waals surface area contributed by atoms with Gasteiger partial charge in [-0.2, -0.15) is 0 Å². The maximum absolute atomic E-state index is 11.5. The number of methoxy groups -OCH3 is 1. The van der Waals surface area contributed by atoms with Crippen LogP contribution in [0.25, 0.3) is 0 Å². The fourth-order valence-electron chi connectivity index (χ4n) is 1.69. The van der Waals surface area contributed by atoms with Crippen LogP contribution >= 0.6 is 0 Å². The topological polar surface area (TPSA) is 81.7 Å². The predicted molar refractivity (Wildman–Crippen MR) is 80.6 cm³/mol. The summed E-state index contributed by atoms with van der Waals surface area (Å²) < 4.78 is 9.83. The van der Waals surface area contributed by atoms with E-state index >= 15 is 0 Å². The summed E-state index contributed by atoms with van der Waals surface area (Å²) in [5, 5.41) is 2.67. The van der Waals surface area contributed by atoms with E-state index in [1.165, 1.54) is 6.92 Å². The Hall–Kier alpha value is -2.37. The molecule has 0 spiro atoms. The number of hydrogen-bond acceptors (Lipinski definition) is 5. The molecule has 1 N–H and O–H groups in total. The fourth-order valence-corrected chi connectivity index (χ4v) is 1.69. The second-order valence-electron chi connectivity index (χ2n) is 4.81. The molecule has 1 amide bonds. The van der Waals surface area contributed by atoms with E-state index in [4.69, 9.17) is 9.47 Å². The van der Waals surface area contributed by atoms with Gasteiger partial charge < -0.3 is 19.6 Å². The SMILES string of the molecule is COc1ccc(CCNC(=O)COC(=O)CCC(C)=O)cc1. The Balaban J connectivity index is 2.17. The van der Waals surface area contributed by atoms with Crippen molar-refractivity contribution in [2.24, 2.45) is 0 Å². The Morgan fingerprint density at radius 1 is 1.09 bits per heavy atom. The molecular formula is C16H21NO5. The molecule has 6 heteroatoms. The van der Waals surface area contributed by atoms with Crippen molar-refractivity contribution >= 4 is 17.7 Å². The van der Waals surface area contributed by atoms with Gasteiger partial charge in [-0.05, 0) is 31.0 Å². The number of nitrogens with one attached hydrogen (secondary N) is 1. The van der Waals surface area contributed by atoms with Gasteiger partial charge in [-0.25, -0.2) is 0 Å². The fraction of sp³-hybridized carbons (Fsp3) is 0.438. The van der Waals surface area contributed by atoms with E-state index < -0.39 is 5.97 Å². The number of hydrogen-bond donors (Lipinski definition) is 1. The minimum Gasteiger partial charge on any atom is -0.497 e. The Kier molecular flexibility index (Phi) is 7.67. The van der Waals surface area contributed by atoms with Gasteiger partial charge in [0, 0.05) is 13.0 Å². The maximum atomic E-state index is 11.5. The van der Waals surface area contributed by atoms with Gasteiger partial charge in [-0.3, -0.25) is 9.59 Å². The zero-order valence-electron chi connectivity index (χ0n) is 12.9. The molecule has 1 aromatic rings. The monoisotopic (exact) mass is 307 g/mol. The van der Waals surface area contributed by atoms with E-state index in [0.717, 1.165) is 11.3 Å². The lowest BCUT2D eigenvalue weighted by Crippen LogP contribution is -2.30. The molecule has 0 fully saturated rings. The standard InChI is InChI=1S/C16H21NO5/c1-12(18)3-8-16(20)22-11-15(19)17-10-9-13-4-6-14(21-2)7-5-13/h4-7H,3,8-11H2,1-2H3,(H,17,19). The van der Waals surface area contributed by atoms with Crippen molar-refractivity contribution in [1.82, 2.24) is 5.32 Å². The van der Waals surface area contributed by atoms with Crippen LogP contribution in [0.3, 0.4) is 0 Å². The van der Waals surface area contributed by atoms with Gasteiger partial charge in [-0.15, -0.1) is 0 Å². The van der Waals surface area contributed by atoms with Gasteiger partial charge in [0.15, 0.2) is 6.61 Å². The quantitative estimate of drug-likeness (QED) is 0.695. The molecule has 22 heavy (non-hydrogen) atoms. The summed E-state index contributed by atoms with van der Waals surface area (Å²) in [5.41, 5.74) is 1.07. The second-order valence-corrected chi connectivity index (χ2v) is 4.81. The number of ether oxygens (including phenoxy) is 2. The number of esters is 1. The molecule has 0 aliphatic heterocycles. The van der Waals surface area contributed by atoms with Gasteiger partial charge in [0.25, 0.3) is 5.91 Å². The first-order chi connectivity index (χ1) is 10.5. The molecule has 120 valence electrons. The Labute approximate surface area is 129 Å². The van der Waals surface area contributed by atoms with E-state index in [1.807, 2.05) is 24.3 Å². The highest BCUT2D eigenvalue weighted by Crippen LogP contribution is 2.11. The van der Waals surface area contributed by atoms with Crippen LogP contribution in [-0.2, 0) is 25.5 Å². The summed E-state index contributed by atoms with van der Waals surface area (Å²) in [6, 6.07) is 7.56. The molecule has 0 unspecified atom stereocenters. The van der Waals surface area contributed by atoms with Crippen LogP contribution in [0.2, 0.25) is 0 Å². The number of carbonyl (C=O) groups excluding carboxylic acids is 3. The number of Topliss-reactive ketones (excluding diaryl/α,β-unsaturated/α-hetero) is 1. The lowest BCUT2D eigenvalue weighted by atomic mass is 10.1. The third-order valence-electron chi connectivity index (χ3n) is 2.94. The highest BCUT2D eigenvalue weighted by atomic mass is 16.5. The van der Waals surface area contributed by atoms with Crippen LogP contribution in [0.1, 0.15) is 25.3 Å². The Morgan fingerprint density at radius 2 is 1.77 bits per heavy atom. The number of carbonyl (C=O) groups is 3. The smallest absolute Gasteiger partial charge is 0.306 e. The molecular weight excluding hydrogens is 286 g/mol. The third-order valence-corrected chi connectivity index (χ3v) is 2.94. The van der Waals surface area contributed by atoms with Crippen molar-refractivity contribution in [1.29, 1.82) is 0 Å². The minimum absolute atomic E-state index is 0.00839. The number of ketones is 1. The van der Waals surface area contributed by atoms with E-state index in [-0.39, 0.29) is 31.1 Å². The van der Waals surface area contributed by atoms with E-state index in [0.29, 0.717) is 13.0 Å². The average molecular weight is 307 g/mol. The van der Waals surface area contributed by atoms with Crippen LogP contribution in [-0.4, -0.2) is 37.9 Å². The Morgan fingerprint density at radius 3 is 2.36 bits per heavy atom. The molecule has 0 bridgehead atoms. The summed E-state index contributed by atoms with van der Waals surface area (Å²) >= 11 is 0. The van der Waals surface area contributed by atoms with Crippen molar-refractivity contribution in [3.63, 3.8) is 0 Å². The number of rotatable bonds is 9. The molecule has 0 saturated carbocycles. The molecule has 0 saturated heterocycles. The van der Waals surface area contributed by atoms with Crippen molar-refractivity contribution in [3.8, 4) is 5.75 Å². The van der Waals surface area contributed by atoms with Gasteiger partial charge in [0.05, 0.1) is 13.5 Å². The van der Waals surface area contributed by atoms with Crippen LogP contribution in [0.4, 0.5) is 0 Å². The first-order valence-corrected chi connectivity index (χ1v) is 7.06. The Bertz CT molecular complexity index is 510. The van der Waals surface area contributed by atoms with Crippen LogP contribution in [0, 0.1) is 0 Å². The first-order valence-electron chi connectivity index (χ1n) is 7.06. The minimum atomic E-state index is -0.541. The van der Waals surface area contributed by atoms with Crippen LogP contribution < -0.4 is 10.1 Å². The van der Waals surface area contributed by atoms with Gasteiger partial charge in [0.2, 0.25) is 0 Å². The molecule has 0 aliphatic rings. The second kappa shape index (κ2) is 9.55. The van der Waals surface area contributed by atoms with Gasteiger partial charge in [-0.1, -0.05) is 12.1 Å². The predicted octanol–water partition coefficient (Wildman–Crippen LogP) is 1.27. The van der Waals surface area contributed by atoms with Gasteiger partial charge >= 0.3 is 5.97 Å². The molecule has 0 aromatic heterocycles. The summed E-state index contributed by atoms with van der Waals surface area (Å²) in [4.78, 5) is 33.5. The molecule has 0 heterocycles. The molecule has 0 radical (unpaired) electrons. The molecule has 6 nitrogen and oxygen atoms in total. The normalized spacial score (nSPS) is 9.91. The van der Waals surface area contributed by atoms with E-state index in [9.17, 15) is 14.4 Å². The van der Waals surface area contributed by atoms with Crippen molar-refractivity contribution in [3.05, 3.63) is 29.8 Å². The van der Waals surface area contributed by atoms with Gasteiger partial charge in [0.1, 0.15) is 11.5 Å². The maximum Gasteiger partial charge on any atom is 0.306 e. The average Bonchev–Trinajstić information content (AvgIpc) is 2.51. The van der Waals surface area contributed by atoms with Crippen molar-refractivity contribution in [2.75, 3.05) is 20.3 Å². The molecule has 0 atom stereocenters. The zero-order valence-corrected chi connectivity index (χ0v) is 12.9. The summed E-state index contributed by atoms with van der Waals surface area (Å²) in [7, 11) is 1.60. The molecule has 1 aromatic carbocycles. The number of amides is 1. The van der Waals surface area contributed by atoms with Crippen LogP contribution in [0.15, 0.2) is 24.3 Å². The van der Waals surface area contributed by atoms with Crippen molar-refractivity contribution in [2.45, 2.75) is 26.2 Å². The number of benzene rings is 1. The zero-order chi connectivity index (χ0) is 16.4. The summed E-state index contributed by atoms with van der Waals surface area (Å²) in [6.45, 7) is 1.54. The third kappa shape index (κ3) is 7.42. The highest BCUT2D eigenvalue weighted by molar-refractivity contribution is 5.83. The first kappa shape index (κ1) is 17.7. The van der Waals surface area contributed by atoms with Crippen LogP contribution in [0.5, 0.6) is 5.75 Å². The van der Waals surface area contributed by atoms with Crippen molar-refractivity contribution < 1.29 is 23.9 Å². The highest BCUT2D eigenvalue weighted by Gasteiger charge is 2.08. The summed E-state index contributed by atoms with van der Waals surface area (Å²) in [6.07, 6.45) is 0.820. The van der Waals surface area contributed by atoms with E-state index in [2.05, 4.69) is 5.32 Å². The molecule has 1 rings (SSSR count). The lowest BCUT2D eigenvalue weighted by molar-refractivity contribution is -0.149.